The van der Waals surface area contributed by atoms with Crippen LogP contribution in [0.2, 0.25) is 0 Å². The number of carbonyl (C=O) groups excluding carboxylic acids is 2. The Bertz CT molecular complexity index is 645. The zero-order valence-corrected chi connectivity index (χ0v) is 11.6. The molecule has 132 valence electrons. The Kier molecular flexibility index (Phi) is 5.42. The number of aromatic hydroxyl groups is 1. The van der Waals surface area contributed by atoms with Crippen LogP contribution in [0.25, 0.3) is 6.08 Å². The minimum absolute atomic E-state index is 0.109. The molecule has 1 aromatic rings. The summed E-state index contributed by atoms with van der Waals surface area (Å²) in [4.78, 5) is 22.3. The van der Waals surface area contributed by atoms with Gasteiger partial charge in [-0.15, -0.1) is 0 Å². The minimum atomic E-state index is -6.64. The van der Waals surface area contributed by atoms with Crippen molar-refractivity contribution < 1.29 is 45.4 Å². The molecule has 0 unspecified atom stereocenters. The van der Waals surface area contributed by atoms with Crippen molar-refractivity contribution in [1.29, 1.82) is 0 Å². The van der Waals surface area contributed by atoms with Gasteiger partial charge in [0.15, 0.2) is 5.78 Å². The summed E-state index contributed by atoms with van der Waals surface area (Å²) in [6.45, 7) is 0. The van der Waals surface area contributed by atoms with E-state index in [0.717, 1.165) is 6.08 Å². The van der Waals surface area contributed by atoms with Gasteiger partial charge in [-0.1, -0.05) is 18.2 Å². The fourth-order valence-electron chi connectivity index (χ4n) is 1.46. The molecule has 0 aromatic heterocycles. The monoisotopic (exact) mass is 358 g/mol. The van der Waals surface area contributed by atoms with Gasteiger partial charge in [-0.2, -0.15) is 30.7 Å². The van der Waals surface area contributed by atoms with E-state index in [-0.39, 0.29) is 5.75 Å². The third kappa shape index (κ3) is 4.12. The molecule has 1 aromatic carbocycles. The predicted octanol–water partition coefficient (Wildman–Crippen LogP) is 3.77. The van der Waals surface area contributed by atoms with Crippen molar-refractivity contribution in [2.24, 2.45) is 0 Å². The zero-order valence-electron chi connectivity index (χ0n) is 11.6. The molecule has 0 amide bonds. The van der Waals surface area contributed by atoms with E-state index in [4.69, 9.17) is 5.11 Å². The average molecular weight is 358 g/mol. The molecule has 1 rings (SSSR count). The van der Waals surface area contributed by atoms with E-state index in [0.29, 0.717) is 11.6 Å². The van der Waals surface area contributed by atoms with E-state index >= 15 is 0 Å². The van der Waals surface area contributed by atoms with Crippen LogP contribution in [-0.2, 0) is 9.59 Å². The fraction of sp³-hybridized carbons (Fsp3) is 0.286. The molecule has 0 aliphatic rings. The van der Waals surface area contributed by atoms with Gasteiger partial charge in [0, 0.05) is 0 Å². The van der Waals surface area contributed by atoms with E-state index in [2.05, 4.69) is 0 Å². The van der Waals surface area contributed by atoms with Crippen molar-refractivity contribution in [2.45, 2.75) is 24.4 Å². The lowest BCUT2D eigenvalue weighted by molar-refractivity contribution is -0.343. The van der Waals surface area contributed by atoms with Crippen LogP contribution < -0.4 is 0 Å². The van der Waals surface area contributed by atoms with Crippen molar-refractivity contribution >= 4 is 17.6 Å². The summed E-state index contributed by atoms with van der Waals surface area (Å²) in [5.74, 6) is -17.0. The van der Waals surface area contributed by atoms with Crippen molar-refractivity contribution in [2.75, 3.05) is 0 Å². The number of hydrogen-bond donors (Lipinski definition) is 1. The molecule has 0 atom stereocenters. The molecular formula is C14H9F7O3. The first-order chi connectivity index (χ1) is 10.8. The highest BCUT2D eigenvalue weighted by molar-refractivity contribution is 6.08. The van der Waals surface area contributed by atoms with Gasteiger partial charge >= 0.3 is 18.0 Å². The standard InChI is InChI=1S/C14H9F7O3/c15-12(16,13(17,18)14(19,20)21)11(24)7-10(23)6-3-8-1-4-9(22)5-2-8/h1-6,22H,7H2. The van der Waals surface area contributed by atoms with Gasteiger partial charge in [-0.25, -0.2) is 0 Å². The first-order valence-electron chi connectivity index (χ1n) is 6.14. The van der Waals surface area contributed by atoms with Crippen LogP contribution in [0.3, 0.4) is 0 Å². The van der Waals surface area contributed by atoms with Gasteiger partial charge in [0.05, 0.1) is 6.42 Å². The van der Waals surface area contributed by atoms with Gasteiger partial charge in [0.2, 0.25) is 5.78 Å². The molecule has 0 saturated carbocycles. The number of carbonyl (C=O) groups is 2. The van der Waals surface area contributed by atoms with Crippen LogP contribution in [0.4, 0.5) is 30.7 Å². The van der Waals surface area contributed by atoms with E-state index < -0.39 is 36.0 Å². The number of rotatable bonds is 6. The summed E-state index contributed by atoms with van der Waals surface area (Å²) >= 11 is 0. The highest BCUT2D eigenvalue weighted by atomic mass is 19.4. The van der Waals surface area contributed by atoms with Crippen LogP contribution in [-0.4, -0.2) is 34.7 Å². The molecule has 0 radical (unpaired) electrons. The average Bonchev–Trinajstić information content (AvgIpc) is 2.45. The predicted molar refractivity (Wildman–Crippen MR) is 67.7 cm³/mol. The summed E-state index contributed by atoms with van der Waals surface area (Å²) in [6, 6.07) is 5.03. The lowest BCUT2D eigenvalue weighted by Gasteiger charge is -2.26. The number of phenolic OH excluding ortho intramolecular Hbond substituents is 1. The van der Waals surface area contributed by atoms with Crippen LogP contribution in [0.5, 0.6) is 5.75 Å². The van der Waals surface area contributed by atoms with Crippen molar-refractivity contribution in [3.63, 3.8) is 0 Å². The van der Waals surface area contributed by atoms with Gasteiger partial charge in [-0.3, -0.25) is 9.59 Å². The number of allylic oxidation sites excluding steroid dienone is 1. The smallest absolute Gasteiger partial charge is 0.460 e. The number of ketones is 2. The largest absolute Gasteiger partial charge is 0.508 e. The Labute approximate surface area is 130 Å². The Morgan fingerprint density at radius 2 is 1.46 bits per heavy atom. The Hall–Kier alpha value is -2.39. The topological polar surface area (TPSA) is 54.4 Å². The van der Waals surface area contributed by atoms with Gasteiger partial charge < -0.3 is 5.11 Å². The molecule has 0 saturated heterocycles. The first kappa shape index (κ1) is 19.7. The molecule has 1 N–H and O–H groups in total. The lowest BCUT2D eigenvalue weighted by Crippen LogP contribution is -2.56. The summed E-state index contributed by atoms with van der Waals surface area (Å²) in [5.41, 5.74) is 0.293. The van der Waals surface area contributed by atoms with E-state index in [1.807, 2.05) is 0 Å². The van der Waals surface area contributed by atoms with Gasteiger partial charge in [0.1, 0.15) is 5.75 Å². The van der Waals surface area contributed by atoms with Gasteiger partial charge in [0.25, 0.3) is 0 Å². The van der Waals surface area contributed by atoms with Gasteiger partial charge in [-0.05, 0) is 23.8 Å². The lowest BCUT2D eigenvalue weighted by atomic mass is 10.0. The second-order valence-corrected chi connectivity index (χ2v) is 4.64. The molecule has 0 fully saturated rings. The summed E-state index contributed by atoms with van der Waals surface area (Å²) in [5, 5.41) is 9.00. The summed E-state index contributed by atoms with van der Waals surface area (Å²) in [7, 11) is 0. The number of benzene rings is 1. The Morgan fingerprint density at radius 1 is 0.958 bits per heavy atom. The third-order valence-corrected chi connectivity index (χ3v) is 2.79. The number of alkyl halides is 7. The van der Waals surface area contributed by atoms with Crippen LogP contribution in [0.15, 0.2) is 30.3 Å². The highest BCUT2D eigenvalue weighted by Gasteiger charge is 2.75. The molecule has 0 heterocycles. The van der Waals surface area contributed by atoms with Crippen LogP contribution in [0, 0.1) is 0 Å². The molecule has 0 aliphatic heterocycles. The molecule has 0 aliphatic carbocycles. The van der Waals surface area contributed by atoms with E-state index in [9.17, 15) is 40.3 Å². The molecule has 3 nitrogen and oxygen atoms in total. The highest BCUT2D eigenvalue weighted by Crippen LogP contribution is 2.47. The quantitative estimate of drug-likeness (QED) is 0.479. The number of halogens is 7. The second-order valence-electron chi connectivity index (χ2n) is 4.64. The molecule has 24 heavy (non-hydrogen) atoms. The second kappa shape index (κ2) is 6.62. The van der Waals surface area contributed by atoms with Crippen LogP contribution >= 0.6 is 0 Å². The Morgan fingerprint density at radius 3 is 1.92 bits per heavy atom. The van der Waals surface area contributed by atoms with Crippen molar-refractivity contribution in [1.82, 2.24) is 0 Å². The maximum atomic E-state index is 13.0. The SMILES string of the molecule is O=C(C=Cc1ccc(O)cc1)CC(=O)C(F)(F)C(F)(F)C(F)(F)F. The number of hydrogen-bond acceptors (Lipinski definition) is 3. The first-order valence-corrected chi connectivity index (χ1v) is 6.14. The van der Waals surface area contributed by atoms with Crippen molar-refractivity contribution in [3.05, 3.63) is 35.9 Å². The van der Waals surface area contributed by atoms with E-state index in [1.165, 1.54) is 24.3 Å². The fourth-order valence-corrected chi connectivity index (χ4v) is 1.46. The van der Waals surface area contributed by atoms with Crippen molar-refractivity contribution in [3.8, 4) is 5.75 Å². The normalized spacial score (nSPS) is 13.3. The molecular weight excluding hydrogens is 349 g/mol. The number of Topliss-reactive ketones (excluding diaryl/α,β-unsaturated/α-hetero) is 1. The zero-order chi connectivity index (χ0) is 18.8. The number of phenols is 1. The van der Waals surface area contributed by atoms with E-state index in [1.54, 1.807) is 0 Å². The molecule has 10 heteroatoms. The Balaban J connectivity index is 2.83. The summed E-state index contributed by atoms with van der Waals surface area (Å²) < 4.78 is 87.2. The minimum Gasteiger partial charge on any atom is -0.508 e. The summed E-state index contributed by atoms with van der Waals surface area (Å²) in [6.07, 6.45) is -6.88. The molecule has 0 spiro atoms. The third-order valence-electron chi connectivity index (χ3n) is 2.79. The maximum absolute atomic E-state index is 13.0. The van der Waals surface area contributed by atoms with Crippen LogP contribution in [0.1, 0.15) is 12.0 Å². The molecule has 0 bridgehead atoms. The maximum Gasteiger partial charge on any atom is 0.460 e.